The minimum absolute atomic E-state index is 0.363. The lowest BCUT2D eigenvalue weighted by Crippen LogP contribution is -2.11. The number of nitrogens with zero attached hydrogens (tertiary/aromatic N) is 1. The monoisotopic (exact) mass is 506 g/mol. The summed E-state index contributed by atoms with van der Waals surface area (Å²) in [7, 11) is 4.62. The zero-order valence-electron chi connectivity index (χ0n) is 20.7. The topological polar surface area (TPSA) is 108 Å². The van der Waals surface area contributed by atoms with Gasteiger partial charge in [0.25, 0.3) is 0 Å². The number of hydrogen-bond acceptors (Lipinski definition) is 7. The molecule has 0 fully saturated rings. The molecule has 1 aromatic heterocycles. The summed E-state index contributed by atoms with van der Waals surface area (Å²) in [6, 6.07) is 10.4. The molecular weight excluding hydrogens is 480 g/mol. The molecule has 3 rings (SSSR count). The number of nitrogen functional groups attached to an aromatic ring is 1. The van der Waals surface area contributed by atoms with E-state index in [0.29, 0.717) is 56.3 Å². The van der Waals surface area contributed by atoms with Crippen molar-refractivity contribution in [1.82, 2.24) is 4.98 Å². The normalized spacial score (nSPS) is 10.7. The molecule has 8 nitrogen and oxygen atoms in total. The molecule has 2 aromatic carbocycles. The van der Waals surface area contributed by atoms with E-state index in [0.717, 1.165) is 5.56 Å². The molecule has 0 atom stereocenters. The van der Waals surface area contributed by atoms with Crippen molar-refractivity contribution in [3.8, 4) is 29.1 Å². The standard InChI is InChI=1S/C27H27ClN4O4/c1-6-8-17(12-25(33)32-22-11-16(2)20(28)15-21(22)29)19-9-7-10-30-27(19)31-18-13-23(34-3)26(36-5)24(14-18)35-4/h7,9-15H,29H2,1-5H3,(H,30,31)(H,32,33)/b17-12+. The number of carbonyl (C=O) groups excluding carboxylic acids is 1. The van der Waals surface area contributed by atoms with E-state index in [1.807, 2.05) is 13.0 Å². The molecule has 1 amide bonds. The largest absolute Gasteiger partial charge is 0.493 e. The molecule has 0 unspecified atom stereocenters. The van der Waals surface area contributed by atoms with Gasteiger partial charge in [0.05, 0.1) is 32.7 Å². The molecule has 0 aliphatic rings. The summed E-state index contributed by atoms with van der Waals surface area (Å²) in [5.41, 5.74) is 9.36. The number of nitrogens with two attached hydrogens (primary N) is 1. The number of carbonyl (C=O) groups is 1. The highest BCUT2D eigenvalue weighted by Gasteiger charge is 2.16. The number of aromatic nitrogens is 1. The van der Waals surface area contributed by atoms with Gasteiger partial charge in [0.2, 0.25) is 11.7 Å². The van der Waals surface area contributed by atoms with Crippen LogP contribution in [0.4, 0.5) is 22.9 Å². The lowest BCUT2D eigenvalue weighted by molar-refractivity contribution is -0.111. The summed E-state index contributed by atoms with van der Waals surface area (Å²) >= 11 is 6.11. The summed E-state index contributed by atoms with van der Waals surface area (Å²) in [6.45, 7) is 3.52. The quantitative estimate of drug-likeness (QED) is 0.212. The summed E-state index contributed by atoms with van der Waals surface area (Å²) in [5.74, 6) is 7.36. The van der Waals surface area contributed by atoms with Crippen molar-refractivity contribution in [3.05, 3.63) is 64.8 Å². The number of allylic oxidation sites excluding steroid dienone is 1. The maximum Gasteiger partial charge on any atom is 0.249 e. The van der Waals surface area contributed by atoms with E-state index in [9.17, 15) is 4.79 Å². The number of benzene rings is 2. The van der Waals surface area contributed by atoms with E-state index >= 15 is 0 Å². The Bertz CT molecular complexity index is 1350. The summed E-state index contributed by atoms with van der Waals surface area (Å²) in [6.07, 6.45) is 3.04. The third kappa shape index (κ3) is 6.01. The first-order chi connectivity index (χ1) is 17.3. The molecule has 0 saturated heterocycles. The van der Waals surface area contributed by atoms with E-state index in [1.54, 1.807) is 57.7 Å². The number of aryl methyl sites for hydroxylation is 1. The number of ether oxygens (including phenoxy) is 3. The maximum absolute atomic E-state index is 12.9. The minimum atomic E-state index is -0.399. The van der Waals surface area contributed by atoms with Crippen molar-refractivity contribution in [2.24, 2.45) is 0 Å². The van der Waals surface area contributed by atoms with Gasteiger partial charge in [-0.2, -0.15) is 0 Å². The van der Waals surface area contributed by atoms with Crippen LogP contribution in [0, 0.1) is 18.8 Å². The molecule has 9 heteroatoms. The van der Waals surface area contributed by atoms with Crippen LogP contribution in [0.15, 0.2) is 48.7 Å². The van der Waals surface area contributed by atoms with Crippen LogP contribution in [0.5, 0.6) is 17.2 Å². The van der Waals surface area contributed by atoms with E-state index in [-0.39, 0.29) is 0 Å². The van der Waals surface area contributed by atoms with Crippen LogP contribution in [0.3, 0.4) is 0 Å². The molecule has 186 valence electrons. The van der Waals surface area contributed by atoms with Crippen LogP contribution in [0.2, 0.25) is 5.02 Å². The molecule has 0 aliphatic heterocycles. The first-order valence-corrected chi connectivity index (χ1v) is 11.2. The van der Waals surface area contributed by atoms with Gasteiger partial charge in [-0.15, -0.1) is 5.92 Å². The highest BCUT2D eigenvalue weighted by atomic mass is 35.5. The second kappa shape index (κ2) is 11.9. The van der Waals surface area contributed by atoms with Crippen molar-refractivity contribution >= 4 is 46.0 Å². The van der Waals surface area contributed by atoms with E-state index in [1.165, 1.54) is 13.2 Å². The van der Waals surface area contributed by atoms with Crippen molar-refractivity contribution in [2.45, 2.75) is 13.8 Å². The third-order valence-corrected chi connectivity index (χ3v) is 5.56. The molecule has 0 aliphatic carbocycles. The molecule has 3 aromatic rings. The van der Waals surface area contributed by atoms with E-state index in [4.69, 9.17) is 31.5 Å². The average molecular weight is 507 g/mol. The molecule has 36 heavy (non-hydrogen) atoms. The summed E-state index contributed by atoms with van der Waals surface area (Å²) in [4.78, 5) is 17.4. The lowest BCUT2D eigenvalue weighted by atomic mass is 10.1. The molecule has 1 heterocycles. The first kappa shape index (κ1) is 26.3. The van der Waals surface area contributed by atoms with E-state index < -0.39 is 5.91 Å². The van der Waals surface area contributed by atoms with Gasteiger partial charge in [0, 0.05) is 46.3 Å². The number of anilines is 4. The van der Waals surface area contributed by atoms with Crippen LogP contribution in [-0.4, -0.2) is 32.2 Å². The predicted octanol–water partition coefficient (Wildman–Crippen LogP) is 5.44. The maximum atomic E-state index is 12.9. The number of pyridine rings is 1. The Labute approximate surface area is 215 Å². The SMILES string of the molecule is CC#C/C(=C\C(=O)Nc1cc(C)c(Cl)cc1N)c1cccnc1Nc1cc(OC)c(OC)c(OC)c1. The summed E-state index contributed by atoms with van der Waals surface area (Å²) < 4.78 is 16.3. The van der Waals surface area contributed by atoms with Gasteiger partial charge in [-0.05, 0) is 43.7 Å². The zero-order valence-corrected chi connectivity index (χ0v) is 21.4. The van der Waals surface area contributed by atoms with Crippen LogP contribution in [0.1, 0.15) is 18.1 Å². The van der Waals surface area contributed by atoms with Gasteiger partial charge in [-0.25, -0.2) is 4.98 Å². The smallest absolute Gasteiger partial charge is 0.249 e. The van der Waals surface area contributed by atoms with Crippen LogP contribution >= 0.6 is 11.6 Å². The van der Waals surface area contributed by atoms with Gasteiger partial charge < -0.3 is 30.6 Å². The number of rotatable bonds is 8. The molecule has 0 saturated carbocycles. The Morgan fingerprint density at radius 3 is 2.42 bits per heavy atom. The average Bonchev–Trinajstić information content (AvgIpc) is 2.86. The fraction of sp³-hybridized carbons (Fsp3) is 0.185. The molecule has 4 N–H and O–H groups in total. The molecule has 0 spiro atoms. The Balaban J connectivity index is 1.98. The number of hydrogen-bond donors (Lipinski definition) is 3. The fourth-order valence-corrected chi connectivity index (χ4v) is 3.61. The van der Waals surface area contributed by atoms with Gasteiger partial charge in [0.1, 0.15) is 5.82 Å². The number of amides is 1. The van der Waals surface area contributed by atoms with Crippen LogP contribution in [0.25, 0.3) is 5.57 Å². The summed E-state index contributed by atoms with van der Waals surface area (Å²) in [5, 5.41) is 6.58. The fourth-order valence-electron chi connectivity index (χ4n) is 3.43. The van der Waals surface area contributed by atoms with Crippen molar-refractivity contribution in [2.75, 3.05) is 37.7 Å². The van der Waals surface area contributed by atoms with Gasteiger partial charge in [-0.3, -0.25) is 4.79 Å². The number of methoxy groups -OCH3 is 3. The Morgan fingerprint density at radius 1 is 1.11 bits per heavy atom. The number of nitrogens with one attached hydrogen (secondary N) is 2. The number of halogens is 1. The highest BCUT2D eigenvalue weighted by molar-refractivity contribution is 6.31. The molecule has 0 bridgehead atoms. The Morgan fingerprint density at radius 2 is 1.81 bits per heavy atom. The second-order valence-corrected chi connectivity index (χ2v) is 7.96. The van der Waals surface area contributed by atoms with E-state index in [2.05, 4.69) is 27.5 Å². The third-order valence-electron chi connectivity index (χ3n) is 5.15. The lowest BCUT2D eigenvalue weighted by Gasteiger charge is -2.16. The van der Waals surface area contributed by atoms with Gasteiger partial charge >= 0.3 is 0 Å². The van der Waals surface area contributed by atoms with Crippen molar-refractivity contribution in [1.29, 1.82) is 0 Å². The van der Waals surface area contributed by atoms with Gasteiger partial charge in [-0.1, -0.05) is 17.5 Å². The van der Waals surface area contributed by atoms with Crippen LogP contribution in [-0.2, 0) is 4.79 Å². The molecular formula is C27H27ClN4O4. The molecule has 0 radical (unpaired) electrons. The first-order valence-electron chi connectivity index (χ1n) is 10.8. The Hall–Kier alpha value is -4.35. The van der Waals surface area contributed by atoms with Crippen molar-refractivity contribution < 1.29 is 19.0 Å². The minimum Gasteiger partial charge on any atom is -0.493 e. The Kier molecular flexibility index (Phi) is 8.66. The van der Waals surface area contributed by atoms with Crippen LogP contribution < -0.4 is 30.6 Å². The second-order valence-electron chi connectivity index (χ2n) is 7.55. The van der Waals surface area contributed by atoms with Crippen molar-refractivity contribution in [3.63, 3.8) is 0 Å². The predicted molar refractivity (Wildman–Crippen MR) is 144 cm³/mol. The van der Waals surface area contributed by atoms with Gasteiger partial charge in [0.15, 0.2) is 11.5 Å². The highest BCUT2D eigenvalue weighted by Crippen LogP contribution is 2.41. The zero-order chi connectivity index (χ0) is 26.2.